The van der Waals surface area contributed by atoms with Gasteiger partial charge >= 0.3 is 0 Å². The van der Waals surface area contributed by atoms with Crippen LogP contribution in [0.5, 0.6) is 5.75 Å². The average molecular weight is 459 g/mol. The van der Waals surface area contributed by atoms with Gasteiger partial charge in [0, 0.05) is 18.4 Å². The zero-order chi connectivity index (χ0) is 23.4. The summed E-state index contributed by atoms with van der Waals surface area (Å²) in [6.45, 7) is 4.45. The molecule has 1 saturated heterocycles. The molecule has 3 aromatic rings. The monoisotopic (exact) mass is 458 g/mol. The van der Waals surface area contributed by atoms with Crippen molar-refractivity contribution in [1.29, 1.82) is 0 Å². The molecule has 0 radical (unpaired) electrons. The first-order valence-electron chi connectivity index (χ1n) is 10.8. The lowest BCUT2D eigenvalue weighted by Gasteiger charge is -2.19. The van der Waals surface area contributed by atoms with Crippen LogP contribution >= 0.6 is 11.8 Å². The number of aryl methyl sites for hydroxylation is 2. The first-order valence-corrected chi connectivity index (χ1v) is 11.6. The minimum Gasteiger partial charge on any atom is -0.491 e. The molecule has 1 aliphatic rings. The van der Waals surface area contributed by atoms with Gasteiger partial charge in [0.1, 0.15) is 12.4 Å². The highest BCUT2D eigenvalue weighted by molar-refractivity contribution is 8.18. The molecule has 1 aliphatic heterocycles. The third kappa shape index (κ3) is 5.29. The van der Waals surface area contributed by atoms with Crippen molar-refractivity contribution in [2.75, 3.05) is 25.1 Å². The van der Waals surface area contributed by atoms with E-state index < -0.39 is 0 Å². The fourth-order valence-electron chi connectivity index (χ4n) is 3.55. The predicted octanol–water partition coefficient (Wildman–Crippen LogP) is 6.19. The summed E-state index contributed by atoms with van der Waals surface area (Å²) in [7, 11) is 2.01. The van der Waals surface area contributed by atoms with Crippen LogP contribution in [-0.4, -0.2) is 36.2 Å². The maximum atomic E-state index is 12.8. The average Bonchev–Trinajstić information content (AvgIpc) is 3.09. The molecule has 168 valence electrons. The van der Waals surface area contributed by atoms with Gasteiger partial charge in [0.05, 0.1) is 11.4 Å². The quantitative estimate of drug-likeness (QED) is 0.395. The Kier molecular flexibility index (Phi) is 6.84. The number of thioether (sulfide) groups is 1. The molecule has 2 amide bonds. The van der Waals surface area contributed by atoms with Gasteiger partial charge in [-0.3, -0.25) is 14.5 Å². The first-order chi connectivity index (χ1) is 15.9. The second kappa shape index (κ2) is 9.96. The van der Waals surface area contributed by atoms with Gasteiger partial charge in [-0.05, 0) is 78.7 Å². The number of para-hydroxylation sites is 1. The highest BCUT2D eigenvalue weighted by Gasteiger charge is 2.34. The number of nitrogens with zero attached hydrogens (tertiary/aromatic N) is 2. The zero-order valence-electron chi connectivity index (χ0n) is 18.9. The van der Waals surface area contributed by atoms with Gasteiger partial charge in [-0.1, -0.05) is 42.5 Å². The Bertz CT molecular complexity index is 1190. The smallest absolute Gasteiger partial charge is 0.293 e. The van der Waals surface area contributed by atoms with Crippen LogP contribution < -0.4 is 9.64 Å². The number of rotatable bonds is 7. The summed E-state index contributed by atoms with van der Waals surface area (Å²) in [5.41, 5.74) is 5.13. The van der Waals surface area contributed by atoms with E-state index in [-0.39, 0.29) is 24.3 Å². The second-order valence-corrected chi connectivity index (χ2v) is 8.93. The summed E-state index contributed by atoms with van der Waals surface area (Å²) in [6, 6.07) is 24.0. The molecule has 0 spiro atoms. The number of imide groups is 1. The number of hydrogen-bond donors (Lipinski definition) is 0. The van der Waals surface area contributed by atoms with Crippen molar-refractivity contribution in [1.82, 2.24) is 4.90 Å². The van der Waals surface area contributed by atoms with E-state index in [1.807, 2.05) is 93.7 Å². The zero-order valence-corrected chi connectivity index (χ0v) is 19.8. The largest absolute Gasteiger partial charge is 0.491 e. The van der Waals surface area contributed by atoms with Crippen molar-refractivity contribution in [2.45, 2.75) is 13.8 Å². The van der Waals surface area contributed by atoms with Crippen molar-refractivity contribution < 1.29 is 14.3 Å². The summed E-state index contributed by atoms with van der Waals surface area (Å²) in [5.74, 6) is 0.498. The molecule has 0 N–H and O–H groups in total. The summed E-state index contributed by atoms with van der Waals surface area (Å²) in [5, 5.41) is -0.267. The Morgan fingerprint density at radius 1 is 0.939 bits per heavy atom. The summed E-state index contributed by atoms with van der Waals surface area (Å²) in [6.07, 6.45) is 1.77. The summed E-state index contributed by atoms with van der Waals surface area (Å²) in [4.78, 5) is 29.0. The Morgan fingerprint density at radius 2 is 1.64 bits per heavy atom. The van der Waals surface area contributed by atoms with Crippen LogP contribution in [0.2, 0.25) is 0 Å². The fourth-order valence-corrected chi connectivity index (χ4v) is 4.41. The van der Waals surface area contributed by atoms with Gasteiger partial charge in [-0.25, -0.2) is 0 Å². The maximum absolute atomic E-state index is 12.8. The molecule has 0 bridgehead atoms. The molecule has 0 aromatic heterocycles. The van der Waals surface area contributed by atoms with E-state index in [1.165, 1.54) is 4.90 Å². The highest BCUT2D eigenvalue weighted by Crippen LogP contribution is 2.33. The van der Waals surface area contributed by atoms with E-state index in [1.54, 1.807) is 6.08 Å². The third-order valence-electron chi connectivity index (χ3n) is 5.51. The molecule has 1 fully saturated rings. The number of benzene rings is 3. The number of carbonyl (C=O) groups is 2. The predicted molar refractivity (Wildman–Crippen MR) is 135 cm³/mol. The molecule has 3 aromatic carbocycles. The number of ether oxygens (including phenoxy) is 1. The molecule has 0 atom stereocenters. The molecule has 0 unspecified atom stereocenters. The molecule has 5 nitrogen and oxygen atoms in total. The Labute approximate surface area is 198 Å². The van der Waals surface area contributed by atoms with Crippen LogP contribution in [0.3, 0.4) is 0 Å². The minimum absolute atomic E-state index is 0.218. The molecule has 1 heterocycles. The first kappa shape index (κ1) is 22.7. The van der Waals surface area contributed by atoms with Crippen LogP contribution in [-0.2, 0) is 4.79 Å². The van der Waals surface area contributed by atoms with Gasteiger partial charge in [-0.15, -0.1) is 0 Å². The van der Waals surface area contributed by atoms with Crippen LogP contribution in [0, 0.1) is 13.8 Å². The molecular formula is C27H26N2O3S. The standard InChI is InChI=1S/C27H26N2O3S/c1-19-9-10-20(2)24(17-19)32-16-15-29-26(30)25(33-27(29)31)18-21-11-13-23(14-12-21)28(3)22-7-5-4-6-8-22/h4-14,17-18H,15-16H2,1-3H3/b25-18-. The van der Waals surface area contributed by atoms with Gasteiger partial charge in [0.15, 0.2) is 0 Å². The SMILES string of the molecule is Cc1ccc(C)c(OCCN2C(=O)S/C(=C\c3ccc(N(C)c4ccccc4)cc3)C2=O)c1. The molecule has 4 rings (SSSR count). The van der Waals surface area contributed by atoms with E-state index in [0.29, 0.717) is 4.91 Å². The molecule has 6 heteroatoms. The van der Waals surface area contributed by atoms with E-state index in [2.05, 4.69) is 4.90 Å². The molecule has 0 aliphatic carbocycles. The van der Waals surface area contributed by atoms with Crippen molar-refractivity contribution in [3.63, 3.8) is 0 Å². The normalized spacial score (nSPS) is 14.8. The van der Waals surface area contributed by atoms with E-state index in [0.717, 1.165) is 45.6 Å². The number of amides is 2. The van der Waals surface area contributed by atoms with Crippen molar-refractivity contribution in [2.24, 2.45) is 0 Å². The number of carbonyl (C=O) groups excluding carboxylic acids is 2. The summed E-state index contributed by atoms with van der Waals surface area (Å²) < 4.78 is 5.82. The Balaban J connectivity index is 1.39. The second-order valence-electron chi connectivity index (χ2n) is 7.94. The van der Waals surface area contributed by atoms with Crippen LogP contribution in [0.25, 0.3) is 6.08 Å². The summed E-state index contributed by atoms with van der Waals surface area (Å²) >= 11 is 0.968. The van der Waals surface area contributed by atoms with Gasteiger partial charge < -0.3 is 9.64 Å². The minimum atomic E-state index is -0.278. The molecule has 0 saturated carbocycles. The number of anilines is 2. The van der Waals surface area contributed by atoms with Crippen molar-refractivity contribution in [3.05, 3.63) is 94.4 Å². The Hall–Kier alpha value is -3.51. The van der Waals surface area contributed by atoms with Crippen molar-refractivity contribution in [3.8, 4) is 5.75 Å². The van der Waals surface area contributed by atoms with E-state index >= 15 is 0 Å². The highest BCUT2D eigenvalue weighted by atomic mass is 32.2. The molecular weight excluding hydrogens is 432 g/mol. The van der Waals surface area contributed by atoms with Crippen LogP contribution in [0.15, 0.2) is 77.7 Å². The third-order valence-corrected chi connectivity index (χ3v) is 6.42. The lowest BCUT2D eigenvalue weighted by atomic mass is 10.1. The van der Waals surface area contributed by atoms with Crippen LogP contribution in [0.1, 0.15) is 16.7 Å². The lowest BCUT2D eigenvalue weighted by Crippen LogP contribution is -2.32. The van der Waals surface area contributed by atoms with Gasteiger partial charge in [0.25, 0.3) is 11.1 Å². The van der Waals surface area contributed by atoms with E-state index in [9.17, 15) is 9.59 Å². The lowest BCUT2D eigenvalue weighted by molar-refractivity contribution is -0.123. The van der Waals surface area contributed by atoms with Crippen molar-refractivity contribution >= 4 is 40.4 Å². The topological polar surface area (TPSA) is 49.9 Å². The maximum Gasteiger partial charge on any atom is 0.293 e. The number of hydrogen-bond acceptors (Lipinski definition) is 5. The fraction of sp³-hybridized carbons (Fsp3) is 0.185. The molecule has 33 heavy (non-hydrogen) atoms. The van der Waals surface area contributed by atoms with Gasteiger partial charge in [-0.2, -0.15) is 0 Å². The van der Waals surface area contributed by atoms with Gasteiger partial charge in [0.2, 0.25) is 0 Å². The Morgan fingerprint density at radius 3 is 2.36 bits per heavy atom. The van der Waals surface area contributed by atoms with E-state index in [4.69, 9.17) is 4.74 Å². The van der Waals surface area contributed by atoms with Crippen LogP contribution in [0.4, 0.5) is 16.2 Å².